The van der Waals surface area contributed by atoms with Gasteiger partial charge < -0.3 is 18.9 Å². The molecule has 0 fully saturated rings. The van der Waals surface area contributed by atoms with E-state index >= 15 is 0 Å². The van der Waals surface area contributed by atoms with E-state index in [0.29, 0.717) is 22.8 Å². The molecule has 1 amide bonds. The van der Waals surface area contributed by atoms with Crippen LogP contribution in [0.15, 0.2) is 68.4 Å². The fourth-order valence-corrected chi connectivity index (χ4v) is 2.84. The molecule has 0 aliphatic rings. The molecule has 8 nitrogen and oxygen atoms in total. The number of hydrogen-bond donors (Lipinski definition) is 1. The van der Waals surface area contributed by atoms with Crippen molar-refractivity contribution < 1.29 is 18.4 Å². The zero-order chi connectivity index (χ0) is 19.5. The fraction of sp³-hybridized carbons (Fsp3) is 0.150. The Morgan fingerprint density at radius 2 is 2.11 bits per heavy atom. The smallest absolute Gasteiger partial charge is 0.287 e. The predicted molar refractivity (Wildman–Crippen MR) is 101 cm³/mol. The Morgan fingerprint density at radius 1 is 1.21 bits per heavy atom. The molecule has 28 heavy (non-hydrogen) atoms. The Labute approximate surface area is 159 Å². The van der Waals surface area contributed by atoms with E-state index < -0.39 is 0 Å². The number of carbonyl (C=O) groups is 1. The van der Waals surface area contributed by atoms with Crippen molar-refractivity contribution in [3.63, 3.8) is 0 Å². The van der Waals surface area contributed by atoms with E-state index in [9.17, 15) is 9.59 Å². The molecule has 0 atom stereocenters. The largest absolute Gasteiger partial charge is 0.493 e. The lowest BCUT2D eigenvalue weighted by atomic mass is 10.2. The number of nitrogens with zero attached hydrogens (tertiary/aromatic N) is 2. The van der Waals surface area contributed by atoms with Crippen molar-refractivity contribution in [3.05, 3.63) is 70.9 Å². The third-order valence-corrected chi connectivity index (χ3v) is 4.20. The van der Waals surface area contributed by atoms with Gasteiger partial charge in [-0.2, -0.15) is 5.10 Å². The molecule has 1 N–H and O–H groups in total. The van der Waals surface area contributed by atoms with Gasteiger partial charge in [-0.15, -0.1) is 0 Å². The fourth-order valence-electron chi connectivity index (χ4n) is 2.84. The second-order valence-electron chi connectivity index (χ2n) is 6.00. The van der Waals surface area contributed by atoms with Crippen LogP contribution in [0.2, 0.25) is 0 Å². The summed E-state index contributed by atoms with van der Waals surface area (Å²) in [5.74, 6) is 0.911. The lowest BCUT2D eigenvalue weighted by Gasteiger charge is -2.06. The number of amides is 1. The molecule has 0 aliphatic heterocycles. The molecule has 0 bridgehead atoms. The summed E-state index contributed by atoms with van der Waals surface area (Å²) in [5.41, 5.74) is 0.789. The van der Waals surface area contributed by atoms with Crippen LogP contribution in [0, 0.1) is 0 Å². The summed E-state index contributed by atoms with van der Waals surface area (Å²) < 4.78 is 17.4. The van der Waals surface area contributed by atoms with Crippen molar-refractivity contribution in [2.75, 3.05) is 13.7 Å². The monoisotopic (exact) mass is 379 g/mol. The van der Waals surface area contributed by atoms with Crippen molar-refractivity contribution >= 4 is 16.9 Å². The van der Waals surface area contributed by atoms with Crippen LogP contribution in [-0.2, 0) is 6.54 Å². The molecule has 0 aliphatic carbocycles. The summed E-state index contributed by atoms with van der Waals surface area (Å²) in [6, 6.07) is 13.6. The summed E-state index contributed by atoms with van der Waals surface area (Å²) in [7, 11) is 1.54. The summed E-state index contributed by atoms with van der Waals surface area (Å²) in [5, 5.41) is 7.76. The van der Waals surface area contributed by atoms with Gasteiger partial charge in [0.1, 0.15) is 5.69 Å². The molecule has 0 spiro atoms. The maximum atomic E-state index is 12.4. The summed E-state index contributed by atoms with van der Waals surface area (Å²) >= 11 is 0. The molecular formula is C20H17N3O5. The number of benzene rings is 1. The van der Waals surface area contributed by atoms with Crippen LogP contribution >= 0.6 is 0 Å². The number of carbonyl (C=O) groups excluding carboxylic acids is 1. The van der Waals surface area contributed by atoms with E-state index in [1.54, 1.807) is 37.4 Å². The third kappa shape index (κ3) is 3.39. The highest BCUT2D eigenvalue weighted by atomic mass is 16.5. The molecule has 142 valence electrons. The van der Waals surface area contributed by atoms with Crippen molar-refractivity contribution in [1.82, 2.24) is 15.1 Å². The average Bonchev–Trinajstić information content (AvgIpc) is 3.38. The van der Waals surface area contributed by atoms with Gasteiger partial charge in [-0.3, -0.25) is 9.59 Å². The number of hydrogen-bond acceptors (Lipinski definition) is 6. The maximum Gasteiger partial charge on any atom is 0.287 e. The SMILES string of the molecule is COc1cccc2cc(C(=O)NCCn3nc(-c4ccco4)ccc3=O)oc12. The van der Waals surface area contributed by atoms with Crippen LogP contribution in [0.3, 0.4) is 0 Å². The van der Waals surface area contributed by atoms with E-state index in [-0.39, 0.29) is 30.3 Å². The molecule has 8 heteroatoms. The molecule has 1 aromatic carbocycles. The minimum atomic E-state index is -0.381. The van der Waals surface area contributed by atoms with Gasteiger partial charge in [0.15, 0.2) is 22.9 Å². The number of aromatic nitrogens is 2. The first-order chi connectivity index (χ1) is 13.7. The van der Waals surface area contributed by atoms with E-state index in [1.165, 1.54) is 17.0 Å². The van der Waals surface area contributed by atoms with Crippen LogP contribution in [0.25, 0.3) is 22.4 Å². The number of rotatable bonds is 6. The van der Waals surface area contributed by atoms with E-state index in [4.69, 9.17) is 13.6 Å². The van der Waals surface area contributed by atoms with E-state index in [0.717, 1.165) is 5.39 Å². The highest BCUT2D eigenvalue weighted by molar-refractivity contribution is 5.97. The number of nitrogens with one attached hydrogen (secondary N) is 1. The molecule has 4 aromatic rings. The van der Waals surface area contributed by atoms with Crippen LogP contribution in [-0.4, -0.2) is 29.3 Å². The van der Waals surface area contributed by atoms with Crippen LogP contribution < -0.4 is 15.6 Å². The van der Waals surface area contributed by atoms with Gasteiger partial charge in [0.2, 0.25) is 0 Å². The van der Waals surface area contributed by atoms with Crippen molar-refractivity contribution in [1.29, 1.82) is 0 Å². The predicted octanol–water partition coefficient (Wildman–Crippen LogP) is 2.69. The second-order valence-corrected chi connectivity index (χ2v) is 6.00. The molecule has 0 radical (unpaired) electrons. The Kier molecular flexibility index (Phi) is 4.67. The quantitative estimate of drug-likeness (QED) is 0.553. The van der Waals surface area contributed by atoms with Crippen molar-refractivity contribution in [2.45, 2.75) is 6.54 Å². The topological polar surface area (TPSA) is 99.5 Å². The third-order valence-electron chi connectivity index (χ3n) is 4.20. The second kappa shape index (κ2) is 7.43. The van der Waals surface area contributed by atoms with Crippen LogP contribution in [0.5, 0.6) is 5.75 Å². The molecule has 0 saturated carbocycles. The Bertz CT molecular complexity index is 1170. The highest BCUT2D eigenvalue weighted by Crippen LogP contribution is 2.28. The normalized spacial score (nSPS) is 10.9. The number of para-hydroxylation sites is 1. The summed E-state index contributed by atoms with van der Waals surface area (Å²) in [4.78, 5) is 24.4. The molecular weight excluding hydrogens is 362 g/mol. The summed E-state index contributed by atoms with van der Waals surface area (Å²) in [6.07, 6.45) is 1.54. The van der Waals surface area contributed by atoms with Gasteiger partial charge in [-0.1, -0.05) is 12.1 Å². The molecule has 0 saturated heterocycles. The number of ether oxygens (including phenoxy) is 1. The standard InChI is InChI=1S/C20H17N3O5/c1-26-16-5-2-4-13-12-17(28-19(13)16)20(25)21-9-10-23-18(24)8-7-14(22-23)15-6-3-11-27-15/h2-8,11-12H,9-10H2,1H3,(H,21,25). The lowest BCUT2D eigenvalue weighted by molar-refractivity contribution is 0.0926. The Balaban J connectivity index is 1.45. The zero-order valence-electron chi connectivity index (χ0n) is 15.0. The van der Waals surface area contributed by atoms with Gasteiger partial charge >= 0.3 is 0 Å². The van der Waals surface area contributed by atoms with E-state index in [1.807, 2.05) is 12.1 Å². The van der Waals surface area contributed by atoms with Gasteiger partial charge in [-0.25, -0.2) is 4.68 Å². The van der Waals surface area contributed by atoms with Gasteiger partial charge in [0.25, 0.3) is 11.5 Å². The first kappa shape index (κ1) is 17.6. The molecule has 3 heterocycles. The van der Waals surface area contributed by atoms with Crippen LogP contribution in [0.1, 0.15) is 10.6 Å². The zero-order valence-corrected chi connectivity index (χ0v) is 15.0. The lowest BCUT2D eigenvalue weighted by Crippen LogP contribution is -2.31. The van der Waals surface area contributed by atoms with Crippen molar-refractivity contribution in [2.24, 2.45) is 0 Å². The average molecular weight is 379 g/mol. The minimum Gasteiger partial charge on any atom is -0.493 e. The molecule has 4 rings (SSSR count). The Hall–Kier alpha value is -3.81. The molecule has 3 aromatic heterocycles. The number of methoxy groups -OCH3 is 1. The number of furan rings is 2. The summed E-state index contributed by atoms with van der Waals surface area (Å²) in [6.45, 7) is 0.421. The highest BCUT2D eigenvalue weighted by Gasteiger charge is 2.14. The van der Waals surface area contributed by atoms with Gasteiger partial charge in [-0.05, 0) is 30.3 Å². The minimum absolute atomic E-state index is 0.171. The van der Waals surface area contributed by atoms with Gasteiger partial charge in [0.05, 0.1) is 19.9 Å². The van der Waals surface area contributed by atoms with Crippen LogP contribution in [0.4, 0.5) is 0 Å². The van der Waals surface area contributed by atoms with Gasteiger partial charge in [0, 0.05) is 18.0 Å². The van der Waals surface area contributed by atoms with Crippen molar-refractivity contribution in [3.8, 4) is 17.2 Å². The number of fused-ring (bicyclic) bond motifs is 1. The Morgan fingerprint density at radius 3 is 2.89 bits per heavy atom. The maximum absolute atomic E-state index is 12.4. The molecule has 0 unspecified atom stereocenters. The first-order valence-electron chi connectivity index (χ1n) is 8.62. The van der Waals surface area contributed by atoms with E-state index in [2.05, 4.69) is 10.4 Å². The first-order valence-corrected chi connectivity index (χ1v) is 8.62.